The van der Waals surface area contributed by atoms with Gasteiger partial charge < -0.3 is 10.1 Å². The van der Waals surface area contributed by atoms with Gasteiger partial charge in [0.25, 0.3) is 0 Å². The molecule has 0 aliphatic heterocycles. The fourth-order valence-corrected chi connectivity index (χ4v) is 3.11. The van der Waals surface area contributed by atoms with E-state index < -0.39 is 0 Å². The number of anilines is 1. The highest BCUT2D eigenvalue weighted by molar-refractivity contribution is 9.10. The molecule has 0 saturated heterocycles. The average molecular weight is 355 g/mol. The first kappa shape index (κ1) is 15.2. The molecule has 0 spiro atoms. The molecule has 4 heteroatoms. The number of nitrogens with one attached hydrogen (secondary N) is 1. The van der Waals surface area contributed by atoms with Crippen LogP contribution in [0.2, 0.25) is 5.02 Å². The van der Waals surface area contributed by atoms with Gasteiger partial charge in [-0.15, -0.1) is 0 Å². The van der Waals surface area contributed by atoms with E-state index in [4.69, 9.17) is 16.3 Å². The maximum atomic E-state index is 6.09. The Bertz CT molecular complexity index is 628. The Hall–Kier alpha value is -1.19. The van der Waals surface area contributed by atoms with Crippen molar-refractivity contribution in [1.82, 2.24) is 0 Å². The molecule has 0 aliphatic carbocycles. The number of ether oxygens (including phenoxy) is 1. The lowest BCUT2D eigenvalue weighted by molar-refractivity contribution is 0.414. The molecular weight excluding hydrogens is 338 g/mol. The molecule has 106 valence electrons. The van der Waals surface area contributed by atoms with E-state index in [2.05, 4.69) is 53.3 Å². The van der Waals surface area contributed by atoms with E-state index in [9.17, 15) is 0 Å². The molecule has 2 aromatic rings. The minimum Gasteiger partial charge on any atom is -0.493 e. The van der Waals surface area contributed by atoms with Crippen LogP contribution >= 0.6 is 27.5 Å². The zero-order valence-electron chi connectivity index (χ0n) is 11.8. The standard InChI is InChI=1S/C16H17BrClNO/c1-10-4-5-12(11(2)6-10)9-19-15-8-13(18)7-14(17)16(15)20-3/h4-8,19H,9H2,1-3H3. The molecule has 0 fully saturated rings. The number of aryl methyl sites for hydroxylation is 2. The number of hydrogen-bond donors (Lipinski definition) is 1. The van der Waals surface area contributed by atoms with Crippen LogP contribution < -0.4 is 10.1 Å². The van der Waals surface area contributed by atoms with Crippen LogP contribution in [0.5, 0.6) is 5.75 Å². The SMILES string of the molecule is COc1c(Br)cc(Cl)cc1NCc1ccc(C)cc1C. The van der Waals surface area contributed by atoms with E-state index in [0.29, 0.717) is 5.02 Å². The first-order valence-electron chi connectivity index (χ1n) is 6.34. The van der Waals surface area contributed by atoms with Gasteiger partial charge >= 0.3 is 0 Å². The Labute approximate surface area is 133 Å². The first-order chi connectivity index (χ1) is 9.51. The third-order valence-electron chi connectivity index (χ3n) is 3.18. The Balaban J connectivity index is 2.22. The van der Waals surface area contributed by atoms with E-state index in [0.717, 1.165) is 22.5 Å². The highest BCUT2D eigenvalue weighted by Crippen LogP contribution is 2.36. The van der Waals surface area contributed by atoms with Crippen molar-refractivity contribution in [2.75, 3.05) is 12.4 Å². The van der Waals surface area contributed by atoms with Crippen LogP contribution in [0, 0.1) is 13.8 Å². The molecule has 0 saturated carbocycles. The van der Waals surface area contributed by atoms with Crippen molar-refractivity contribution < 1.29 is 4.74 Å². The number of methoxy groups -OCH3 is 1. The largest absolute Gasteiger partial charge is 0.493 e. The van der Waals surface area contributed by atoms with Crippen LogP contribution in [0.1, 0.15) is 16.7 Å². The van der Waals surface area contributed by atoms with Gasteiger partial charge in [0.1, 0.15) is 0 Å². The smallest absolute Gasteiger partial charge is 0.156 e. The predicted octanol–water partition coefficient (Wildman–Crippen LogP) is 5.34. The zero-order valence-corrected chi connectivity index (χ0v) is 14.1. The molecule has 2 rings (SSSR count). The van der Waals surface area contributed by atoms with Crippen molar-refractivity contribution in [2.24, 2.45) is 0 Å². The normalized spacial score (nSPS) is 10.4. The fraction of sp³-hybridized carbons (Fsp3) is 0.250. The predicted molar refractivity (Wildman–Crippen MR) is 88.9 cm³/mol. The van der Waals surface area contributed by atoms with Crippen molar-refractivity contribution in [1.29, 1.82) is 0 Å². The number of benzene rings is 2. The molecule has 1 N–H and O–H groups in total. The highest BCUT2D eigenvalue weighted by Gasteiger charge is 2.09. The van der Waals surface area contributed by atoms with Gasteiger partial charge in [-0.05, 0) is 53.0 Å². The number of hydrogen-bond acceptors (Lipinski definition) is 2. The molecule has 0 unspecified atom stereocenters. The lowest BCUT2D eigenvalue weighted by atomic mass is 10.1. The molecule has 0 heterocycles. The summed E-state index contributed by atoms with van der Waals surface area (Å²) in [5.41, 5.74) is 4.69. The fourth-order valence-electron chi connectivity index (χ4n) is 2.13. The van der Waals surface area contributed by atoms with Gasteiger partial charge in [-0.1, -0.05) is 35.4 Å². The topological polar surface area (TPSA) is 21.3 Å². The van der Waals surface area contributed by atoms with Crippen LogP contribution in [0.3, 0.4) is 0 Å². The molecule has 0 amide bonds. The molecule has 0 atom stereocenters. The lowest BCUT2D eigenvalue weighted by Gasteiger charge is -2.14. The molecule has 0 bridgehead atoms. The Kier molecular flexibility index (Phi) is 4.95. The van der Waals surface area contributed by atoms with Crippen LogP contribution in [-0.4, -0.2) is 7.11 Å². The number of rotatable bonds is 4. The minimum atomic E-state index is 0.667. The molecule has 2 aromatic carbocycles. The van der Waals surface area contributed by atoms with Gasteiger partial charge in [0.05, 0.1) is 17.3 Å². The average Bonchev–Trinajstić information content (AvgIpc) is 2.37. The van der Waals surface area contributed by atoms with E-state index in [-0.39, 0.29) is 0 Å². The zero-order chi connectivity index (χ0) is 14.7. The van der Waals surface area contributed by atoms with Gasteiger partial charge in [-0.3, -0.25) is 0 Å². The molecule has 0 radical (unpaired) electrons. The van der Waals surface area contributed by atoms with Crippen molar-refractivity contribution in [3.63, 3.8) is 0 Å². The summed E-state index contributed by atoms with van der Waals surface area (Å²) in [6, 6.07) is 10.1. The quantitative estimate of drug-likeness (QED) is 0.800. The van der Waals surface area contributed by atoms with Crippen LogP contribution in [0.25, 0.3) is 0 Å². The van der Waals surface area contributed by atoms with Crippen LogP contribution in [0.15, 0.2) is 34.8 Å². The third-order valence-corrected chi connectivity index (χ3v) is 3.99. The maximum Gasteiger partial charge on any atom is 0.156 e. The van der Waals surface area contributed by atoms with Gasteiger partial charge in [-0.25, -0.2) is 0 Å². The van der Waals surface area contributed by atoms with Gasteiger partial charge in [0, 0.05) is 11.6 Å². The van der Waals surface area contributed by atoms with Crippen molar-refractivity contribution in [3.8, 4) is 5.75 Å². The number of halogens is 2. The van der Waals surface area contributed by atoms with Gasteiger partial charge in [-0.2, -0.15) is 0 Å². The van der Waals surface area contributed by atoms with Crippen molar-refractivity contribution in [2.45, 2.75) is 20.4 Å². The molecule has 20 heavy (non-hydrogen) atoms. The summed E-state index contributed by atoms with van der Waals surface area (Å²) in [4.78, 5) is 0. The summed E-state index contributed by atoms with van der Waals surface area (Å²) in [6.07, 6.45) is 0. The van der Waals surface area contributed by atoms with E-state index in [1.54, 1.807) is 7.11 Å². The third kappa shape index (κ3) is 3.47. The second-order valence-electron chi connectivity index (χ2n) is 4.75. The minimum absolute atomic E-state index is 0.667. The van der Waals surface area contributed by atoms with Crippen molar-refractivity contribution in [3.05, 3.63) is 56.5 Å². The van der Waals surface area contributed by atoms with Gasteiger partial charge in [0.2, 0.25) is 0 Å². The second-order valence-corrected chi connectivity index (χ2v) is 6.04. The highest BCUT2D eigenvalue weighted by atomic mass is 79.9. The molecular formula is C16H17BrClNO. The molecule has 2 nitrogen and oxygen atoms in total. The lowest BCUT2D eigenvalue weighted by Crippen LogP contribution is -2.03. The van der Waals surface area contributed by atoms with Crippen molar-refractivity contribution >= 4 is 33.2 Å². The Morgan fingerprint density at radius 3 is 2.60 bits per heavy atom. The molecule has 0 aromatic heterocycles. The van der Waals surface area contributed by atoms with Crippen LogP contribution in [0.4, 0.5) is 5.69 Å². The summed E-state index contributed by atoms with van der Waals surface area (Å²) < 4.78 is 6.24. The van der Waals surface area contributed by atoms with Crippen LogP contribution in [-0.2, 0) is 6.54 Å². The first-order valence-corrected chi connectivity index (χ1v) is 7.51. The summed E-state index contributed by atoms with van der Waals surface area (Å²) in [7, 11) is 1.65. The van der Waals surface area contributed by atoms with E-state index >= 15 is 0 Å². The summed E-state index contributed by atoms with van der Waals surface area (Å²) in [6.45, 7) is 4.95. The van der Waals surface area contributed by atoms with E-state index in [1.807, 2.05) is 12.1 Å². The summed E-state index contributed by atoms with van der Waals surface area (Å²) in [5, 5.41) is 4.05. The van der Waals surface area contributed by atoms with E-state index in [1.165, 1.54) is 16.7 Å². The summed E-state index contributed by atoms with van der Waals surface area (Å²) >= 11 is 9.55. The summed E-state index contributed by atoms with van der Waals surface area (Å²) in [5.74, 6) is 0.763. The monoisotopic (exact) mass is 353 g/mol. The Morgan fingerprint density at radius 1 is 1.20 bits per heavy atom. The van der Waals surface area contributed by atoms with Gasteiger partial charge in [0.15, 0.2) is 5.75 Å². The second kappa shape index (κ2) is 6.51. The maximum absolute atomic E-state index is 6.09. The Morgan fingerprint density at radius 2 is 1.95 bits per heavy atom. The molecule has 0 aliphatic rings.